The molecule has 0 saturated heterocycles. The lowest BCUT2D eigenvalue weighted by molar-refractivity contribution is 0.637. The molecule has 4 aliphatic heterocycles. The number of hydrogen-bond acceptors (Lipinski definition) is 2. The molecule has 276 valence electrons. The molecule has 0 atom stereocenters. The number of anilines is 2. The number of nitrogens with zero attached hydrogens (tertiary/aromatic N) is 3. The summed E-state index contributed by atoms with van der Waals surface area (Å²) in [5, 5.41) is 10.1. The summed E-state index contributed by atoms with van der Waals surface area (Å²) in [6, 6.07) is 59.4. The van der Waals surface area contributed by atoms with Gasteiger partial charge in [-0.15, -0.1) is 0 Å². The molecular weight excluding hydrogens is 729 g/mol. The maximum atomic E-state index is 6.60. The van der Waals surface area contributed by atoms with E-state index < -0.39 is 0 Å². The van der Waals surface area contributed by atoms with E-state index in [1.54, 1.807) is 0 Å². The van der Waals surface area contributed by atoms with Crippen molar-refractivity contribution < 1.29 is 4.42 Å². The smallest absolute Gasteiger partial charge is 0.333 e. The van der Waals surface area contributed by atoms with Gasteiger partial charge in [-0.1, -0.05) is 123 Å². The first-order chi connectivity index (χ1) is 29.6. The van der Waals surface area contributed by atoms with E-state index in [4.69, 9.17) is 4.42 Å². The molecule has 0 fully saturated rings. The third kappa shape index (κ3) is 3.21. The van der Waals surface area contributed by atoms with Gasteiger partial charge >= 0.3 is 6.85 Å². The zero-order valence-corrected chi connectivity index (χ0v) is 32.8. The van der Waals surface area contributed by atoms with Crippen molar-refractivity contribution in [2.24, 2.45) is 0 Å². The van der Waals surface area contributed by atoms with Crippen molar-refractivity contribution in [2.45, 2.75) is 19.3 Å². The van der Waals surface area contributed by atoms with E-state index in [0.29, 0.717) is 0 Å². The Morgan fingerprint density at radius 3 is 2.20 bits per heavy atom. The highest BCUT2D eigenvalue weighted by Crippen LogP contribution is 2.57. The highest BCUT2D eigenvalue weighted by molar-refractivity contribution is 6.94. The Bertz CT molecular complexity index is 4060. The molecule has 5 heteroatoms. The Balaban J connectivity index is 1.15. The number of fused-ring (bicyclic) bond motifs is 14. The van der Waals surface area contributed by atoms with Gasteiger partial charge in [-0.2, -0.15) is 0 Å². The average Bonchev–Trinajstić information content (AvgIpc) is 3.95. The Kier molecular flexibility index (Phi) is 5.02. The summed E-state index contributed by atoms with van der Waals surface area (Å²) in [4.78, 5) is 2.73. The van der Waals surface area contributed by atoms with Gasteiger partial charge < -0.3 is 18.4 Å². The molecule has 0 saturated carbocycles. The molecule has 3 aromatic heterocycles. The summed E-state index contributed by atoms with van der Waals surface area (Å²) < 4.78 is 11.8. The second-order valence-electron chi connectivity index (χ2n) is 18.0. The topological polar surface area (TPSA) is 26.2 Å². The molecule has 60 heavy (non-hydrogen) atoms. The number of rotatable bonds is 1. The van der Waals surface area contributed by atoms with Crippen LogP contribution in [0, 0.1) is 0 Å². The van der Waals surface area contributed by atoms with Gasteiger partial charge in [0.2, 0.25) is 0 Å². The van der Waals surface area contributed by atoms with Crippen molar-refractivity contribution in [3.05, 3.63) is 169 Å². The highest BCUT2D eigenvalue weighted by atomic mass is 16.3. The molecule has 9 aromatic carbocycles. The minimum atomic E-state index is -0.255. The minimum Gasteiger partial charge on any atom is -0.456 e. The van der Waals surface area contributed by atoms with Crippen LogP contribution in [-0.2, 0) is 5.41 Å². The maximum Gasteiger partial charge on any atom is 0.333 e. The summed E-state index contributed by atoms with van der Waals surface area (Å²) in [7, 11) is 0. The predicted molar refractivity (Wildman–Crippen MR) is 250 cm³/mol. The third-order valence-electron chi connectivity index (χ3n) is 14.9. The molecule has 12 aromatic rings. The monoisotopic (exact) mass is 761 g/mol. The Morgan fingerprint density at radius 1 is 0.500 bits per heavy atom. The number of benzene rings is 9. The molecule has 4 aliphatic rings. The van der Waals surface area contributed by atoms with E-state index in [0.717, 1.165) is 21.9 Å². The van der Waals surface area contributed by atoms with Gasteiger partial charge in [0.25, 0.3) is 0 Å². The Hall–Kier alpha value is -7.50. The first kappa shape index (κ1) is 30.6. The van der Waals surface area contributed by atoms with Crippen molar-refractivity contribution in [3.63, 3.8) is 0 Å². The lowest BCUT2D eigenvalue weighted by Gasteiger charge is -2.47. The maximum absolute atomic E-state index is 6.60. The fraction of sp³-hybridized carbons (Fsp3) is 0.0545. The number of furan rings is 1. The summed E-state index contributed by atoms with van der Waals surface area (Å²) >= 11 is 0. The van der Waals surface area contributed by atoms with Crippen LogP contribution in [0.4, 0.5) is 11.4 Å². The minimum absolute atomic E-state index is 0.0426. The largest absolute Gasteiger partial charge is 0.456 e. The van der Waals surface area contributed by atoms with E-state index >= 15 is 0 Å². The number of hydrogen-bond donors (Lipinski definition) is 0. The van der Waals surface area contributed by atoms with Crippen molar-refractivity contribution in [1.29, 1.82) is 0 Å². The standard InChI is InChI=1S/C55H32BN3O/c1-55(2)40-18-11-19-41-53(40)58-52-39(26-29-12-3-4-13-31(29)48(52)55)47-37(30-24-25-34-33-15-6-8-23-45(33)60-46(34)27-30)28-38-36-17-9-21-43-51(36)59(56(41)49(38)54(47)58)44-22-10-16-35-32-14-5-7-20-42(32)57(43)50(35)44/h3-28H,1-2H3. The third-order valence-corrected chi connectivity index (χ3v) is 14.9. The number of para-hydroxylation sites is 5. The van der Waals surface area contributed by atoms with Crippen LogP contribution in [0.3, 0.4) is 0 Å². The normalized spacial score (nSPS) is 14.9. The molecule has 0 amide bonds. The Labute approximate surface area is 344 Å². The second kappa shape index (κ2) is 9.85. The Morgan fingerprint density at radius 2 is 1.27 bits per heavy atom. The van der Waals surface area contributed by atoms with Crippen LogP contribution in [-0.4, -0.2) is 16.0 Å². The predicted octanol–water partition coefficient (Wildman–Crippen LogP) is 12.8. The van der Waals surface area contributed by atoms with E-state index in [9.17, 15) is 0 Å². The zero-order valence-electron chi connectivity index (χ0n) is 32.8. The second-order valence-corrected chi connectivity index (χ2v) is 18.0. The lowest BCUT2D eigenvalue weighted by atomic mass is 9.43. The van der Waals surface area contributed by atoms with Crippen molar-refractivity contribution in [2.75, 3.05) is 4.81 Å². The molecule has 0 aliphatic carbocycles. The van der Waals surface area contributed by atoms with E-state index in [2.05, 4.69) is 186 Å². The summed E-state index contributed by atoms with van der Waals surface area (Å²) in [6.45, 7) is 4.87. The van der Waals surface area contributed by atoms with Crippen LogP contribution in [0.25, 0.3) is 110 Å². The van der Waals surface area contributed by atoms with Crippen molar-refractivity contribution >= 4 is 105 Å². The molecule has 0 unspecified atom stereocenters. The van der Waals surface area contributed by atoms with Crippen LogP contribution in [0.2, 0.25) is 0 Å². The zero-order chi connectivity index (χ0) is 38.9. The summed E-state index contributed by atoms with van der Waals surface area (Å²) in [5.41, 5.74) is 22.4. The van der Waals surface area contributed by atoms with Gasteiger partial charge in [0.05, 0.1) is 39.1 Å². The molecule has 16 rings (SSSR count). The molecule has 7 heterocycles. The van der Waals surface area contributed by atoms with Crippen molar-refractivity contribution in [1.82, 2.24) is 9.13 Å². The van der Waals surface area contributed by atoms with Gasteiger partial charge in [0.15, 0.2) is 0 Å². The van der Waals surface area contributed by atoms with Gasteiger partial charge in [-0.05, 0) is 98.0 Å². The highest BCUT2D eigenvalue weighted by Gasteiger charge is 2.50. The average molecular weight is 762 g/mol. The fourth-order valence-corrected chi connectivity index (χ4v) is 12.6. The number of aromatic nitrogens is 2. The molecule has 0 N–H and O–H groups in total. The molecule has 4 nitrogen and oxygen atoms in total. The van der Waals surface area contributed by atoms with Gasteiger partial charge in [-0.3, -0.25) is 0 Å². The fourth-order valence-electron chi connectivity index (χ4n) is 12.6. The van der Waals surface area contributed by atoms with E-state index in [-0.39, 0.29) is 12.3 Å². The summed E-state index contributed by atoms with van der Waals surface area (Å²) in [6.07, 6.45) is 0. The quantitative estimate of drug-likeness (QED) is 0.156. The molecule has 0 radical (unpaired) electrons. The summed E-state index contributed by atoms with van der Waals surface area (Å²) in [5.74, 6) is 0. The van der Waals surface area contributed by atoms with Crippen LogP contribution < -0.4 is 15.7 Å². The van der Waals surface area contributed by atoms with Crippen LogP contribution in [0.1, 0.15) is 25.0 Å². The molecule has 0 spiro atoms. The first-order valence-corrected chi connectivity index (χ1v) is 21.1. The van der Waals surface area contributed by atoms with Crippen molar-refractivity contribution in [3.8, 4) is 33.6 Å². The van der Waals surface area contributed by atoms with E-state index in [1.807, 2.05) is 0 Å². The molecular formula is C55H32BN3O. The van der Waals surface area contributed by atoms with Crippen LogP contribution in [0.5, 0.6) is 0 Å². The van der Waals surface area contributed by atoms with Gasteiger partial charge in [0.1, 0.15) is 11.2 Å². The van der Waals surface area contributed by atoms with Gasteiger partial charge in [-0.25, -0.2) is 0 Å². The SMILES string of the molecule is CC1(C)c2cccc3c2-n2c4c1c1ccccc1cc4c1c(-c4ccc5c(c4)oc4ccccc45)cc4c(c12)B3N1c2c-4cccc2-n2c3ccccc3c3cccc1c32. The lowest BCUT2D eigenvalue weighted by Crippen LogP contribution is -2.62. The first-order valence-electron chi connectivity index (χ1n) is 21.1. The molecule has 0 bridgehead atoms. The van der Waals surface area contributed by atoms with Gasteiger partial charge in [0, 0.05) is 49.0 Å². The van der Waals surface area contributed by atoms with E-state index in [1.165, 1.54) is 121 Å². The van der Waals surface area contributed by atoms with Crippen LogP contribution >= 0.6 is 0 Å². The van der Waals surface area contributed by atoms with Crippen LogP contribution in [0.15, 0.2) is 162 Å².